The Hall–Kier alpha value is -2.45. The number of nitriles is 1. The van der Waals surface area contributed by atoms with E-state index in [9.17, 15) is 0 Å². The predicted molar refractivity (Wildman–Crippen MR) is 85.5 cm³/mol. The van der Waals surface area contributed by atoms with Gasteiger partial charge < -0.3 is 5.32 Å². The Morgan fingerprint density at radius 1 is 1.29 bits per heavy atom. The number of hydrogen-bond acceptors (Lipinski definition) is 5. The van der Waals surface area contributed by atoms with E-state index in [0.717, 1.165) is 34.6 Å². The third kappa shape index (κ3) is 2.71. The Kier molecular flexibility index (Phi) is 3.80. The minimum absolute atomic E-state index is 0.649. The largest absolute Gasteiger partial charge is 0.374 e. The van der Waals surface area contributed by atoms with E-state index in [1.54, 1.807) is 0 Å². The molecule has 0 radical (unpaired) electrons. The van der Waals surface area contributed by atoms with Gasteiger partial charge in [0.1, 0.15) is 16.6 Å². The lowest BCUT2D eigenvalue weighted by atomic mass is 10.1. The molecule has 0 saturated carbocycles. The Labute approximate surface area is 127 Å². The summed E-state index contributed by atoms with van der Waals surface area (Å²) in [5.74, 6) is 0. The molecule has 3 aromatic rings. The zero-order chi connectivity index (χ0) is 14.7. The molecule has 5 heteroatoms. The number of nitrogens with zero attached hydrogens (tertiary/aromatic N) is 3. The summed E-state index contributed by atoms with van der Waals surface area (Å²) in [7, 11) is 0. The molecule has 0 aliphatic rings. The van der Waals surface area contributed by atoms with Crippen molar-refractivity contribution in [2.45, 2.75) is 13.3 Å². The molecule has 3 rings (SSSR count). The maximum Gasteiger partial charge on any atom is 0.127 e. The first-order chi connectivity index (χ1) is 10.3. The fourth-order valence-electron chi connectivity index (χ4n) is 2.30. The van der Waals surface area contributed by atoms with Crippen LogP contribution < -0.4 is 5.32 Å². The van der Waals surface area contributed by atoms with Crippen molar-refractivity contribution in [3.05, 3.63) is 53.3 Å². The molecule has 1 aromatic carbocycles. The maximum atomic E-state index is 9.11. The third-order valence-corrected chi connectivity index (χ3v) is 4.27. The summed E-state index contributed by atoms with van der Waals surface area (Å²) in [6, 6.07) is 12.4. The van der Waals surface area contributed by atoms with Crippen molar-refractivity contribution in [1.82, 2.24) is 9.36 Å². The summed E-state index contributed by atoms with van der Waals surface area (Å²) in [6.07, 6.45) is 2.68. The summed E-state index contributed by atoms with van der Waals surface area (Å²) >= 11 is 1.34. The highest BCUT2D eigenvalue weighted by Gasteiger charge is 2.09. The van der Waals surface area contributed by atoms with Crippen LogP contribution in [0.15, 0.2) is 36.5 Å². The number of hydrogen-bond donors (Lipinski definition) is 1. The van der Waals surface area contributed by atoms with Crippen LogP contribution in [-0.4, -0.2) is 15.9 Å². The van der Waals surface area contributed by atoms with E-state index >= 15 is 0 Å². The van der Waals surface area contributed by atoms with Gasteiger partial charge in [0.2, 0.25) is 0 Å². The van der Waals surface area contributed by atoms with Gasteiger partial charge in [0.25, 0.3) is 0 Å². The number of aromatic nitrogens is 2. The molecule has 0 saturated heterocycles. The predicted octanol–water partition coefficient (Wildman–Crippen LogP) is 3.53. The number of aryl methyl sites for hydroxylation is 1. The van der Waals surface area contributed by atoms with Crippen LogP contribution in [0.1, 0.15) is 16.8 Å². The van der Waals surface area contributed by atoms with Gasteiger partial charge in [0.05, 0.1) is 11.2 Å². The first kappa shape index (κ1) is 13.5. The van der Waals surface area contributed by atoms with Gasteiger partial charge in [0, 0.05) is 18.1 Å². The molecule has 0 aliphatic heterocycles. The lowest BCUT2D eigenvalue weighted by Gasteiger charge is -2.07. The topological polar surface area (TPSA) is 61.6 Å². The summed E-state index contributed by atoms with van der Waals surface area (Å²) in [5, 5.41) is 14.4. The van der Waals surface area contributed by atoms with Gasteiger partial charge in [-0.05, 0) is 36.5 Å². The number of para-hydroxylation sites is 1. The Morgan fingerprint density at radius 2 is 2.14 bits per heavy atom. The van der Waals surface area contributed by atoms with Crippen LogP contribution in [0.5, 0.6) is 0 Å². The van der Waals surface area contributed by atoms with Gasteiger partial charge in [-0.1, -0.05) is 24.3 Å². The first-order valence-corrected chi connectivity index (χ1v) is 7.50. The number of fused-ring (bicyclic) bond motifs is 1. The van der Waals surface area contributed by atoms with Gasteiger partial charge in [-0.2, -0.15) is 9.64 Å². The summed E-state index contributed by atoms with van der Waals surface area (Å²) in [4.78, 5) is 4.45. The lowest BCUT2D eigenvalue weighted by Crippen LogP contribution is -2.05. The van der Waals surface area contributed by atoms with Crippen molar-refractivity contribution in [2.75, 3.05) is 11.9 Å². The van der Waals surface area contributed by atoms with Crippen LogP contribution in [0.2, 0.25) is 0 Å². The van der Waals surface area contributed by atoms with Gasteiger partial charge in [-0.3, -0.25) is 4.98 Å². The molecule has 0 aliphatic carbocycles. The second-order valence-electron chi connectivity index (χ2n) is 4.75. The standard InChI is InChI=1S/C16H14N4S/c1-11-14(10-17)16(21-20-11)19-9-7-13-5-2-4-12-6-3-8-18-15(12)13/h2-6,8,19H,7,9H2,1H3. The normalized spacial score (nSPS) is 10.5. The zero-order valence-electron chi connectivity index (χ0n) is 11.6. The number of pyridine rings is 1. The molecule has 0 atom stereocenters. The van der Waals surface area contributed by atoms with Crippen LogP contribution in [0.4, 0.5) is 5.00 Å². The fourth-order valence-corrected chi connectivity index (χ4v) is 3.07. The van der Waals surface area contributed by atoms with Gasteiger partial charge in [-0.25, -0.2) is 0 Å². The monoisotopic (exact) mass is 294 g/mol. The summed E-state index contributed by atoms with van der Waals surface area (Å²) in [5.41, 5.74) is 3.69. The molecule has 21 heavy (non-hydrogen) atoms. The number of rotatable bonds is 4. The molecule has 4 nitrogen and oxygen atoms in total. The summed E-state index contributed by atoms with van der Waals surface area (Å²) < 4.78 is 4.21. The molecule has 2 heterocycles. The van der Waals surface area contributed by atoms with E-state index in [1.807, 2.05) is 19.2 Å². The summed E-state index contributed by atoms with van der Waals surface area (Å²) in [6.45, 7) is 2.61. The van der Waals surface area contributed by atoms with Crippen molar-refractivity contribution in [1.29, 1.82) is 5.26 Å². The zero-order valence-corrected chi connectivity index (χ0v) is 12.4. The Balaban J connectivity index is 1.74. The van der Waals surface area contributed by atoms with E-state index < -0.39 is 0 Å². The van der Waals surface area contributed by atoms with Gasteiger partial charge >= 0.3 is 0 Å². The molecule has 0 unspecified atom stereocenters. The van der Waals surface area contributed by atoms with Crippen molar-refractivity contribution in [3.8, 4) is 6.07 Å². The van der Waals surface area contributed by atoms with Gasteiger partial charge in [0.15, 0.2) is 0 Å². The van der Waals surface area contributed by atoms with Gasteiger partial charge in [-0.15, -0.1) is 0 Å². The molecule has 0 spiro atoms. The molecular weight excluding hydrogens is 280 g/mol. The minimum atomic E-state index is 0.649. The average molecular weight is 294 g/mol. The van der Waals surface area contributed by atoms with Crippen LogP contribution in [0.3, 0.4) is 0 Å². The SMILES string of the molecule is Cc1nsc(NCCc2cccc3cccnc23)c1C#N. The Morgan fingerprint density at radius 3 is 3.00 bits per heavy atom. The number of nitrogens with one attached hydrogen (secondary N) is 1. The minimum Gasteiger partial charge on any atom is -0.374 e. The number of benzene rings is 1. The molecule has 1 N–H and O–H groups in total. The van der Waals surface area contributed by atoms with E-state index in [1.165, 1.54) is 17.1 Å². The highest BCUT2D eigenvalue weighted by atomic mass is 32.1. The van der Waals surface area contributed by atoms with Crippen molar-refractivity contribution < 1.29 is 0 Å². The first-order valence-electron chi connectivity index (χ1n) is 6.72. The quantitative estimate of drug-likeness (QED) is 0.799. The van der Waals surface area contributed by atoms with Crippen molar-refractivity contribution >= 4 is 27.4 Å². The Bertz CT molecular complexity index is 811. The average Bonchev–Trinajstić information content (AvgIpc) is 2.87. The highest BCUT2D eigenvalue weighted by Crippen LogP contribution is 2.23. The van der Waals surface area contributed by atoms with Crippen LogP contribution in [-0.2, 0) is 6.42 Å². The third-order valence-electron chi connectivity index (χ3n) is 3.37. The number of anilines is 1. The van der Waals surface area contributed by atoms with E-state index in [0.29, 0.717) is 5.56 Å². The lowest BCUT2D eigenvalue weighted by molar-refractivity contribution is 1.03. The molecule has 0 bridgehead atoms. The second kappa shape index (κ2) is 5.90. The van der Waals surface area contributed by atoms with Crippen LogP contribution in [0.25, 0.3) is 10.9 Å². The van der Waals surface area contributed by atoms with Crippen molar-refractivity contribution in [2.24, 2.45) is 0 Å². The van der Waals surface area contributed by atoms with E-state index in [4.69, 9.17) is 5.26 Å². The van der Waals surface area contributed by atoms with E-state index in [-0.39, 0.29) is 0 Å². The molecule has 104 valence electrons. The molecule has 2 aromatic heterocycles. The smallest absolute Gasteiger partial charge is 0.127 e. The molecule has 0 amide bonds. The van der Waals surface area contributed by atoms with Crippen LogP contribution >= 0.6 is 11.5 Å². The molecule has 0 fully saturated rings. The second-order valence-corrected chi connectivity index (χ2v) is 5.53. The van der Waals surface area contributed by atoms with Crippen molar-refractivity contribution in [3.63, 3.8) is 0 Å². The van der Waals surface area contributed by atoms with Crippen LogP contribution in [0, 0.1) is 18.3 Å². The fraction of sp³-hybridized carbons (Fsp3) is 0.188. The highest BCUT2D eigenvalue weighted by molar-refractivity contribution is 7.10. The van der Waals surface area contributed by atoms with E-state index in [2.05, 4.69) is 45.0 Å². The maximum absolute atomic E-state index is 9.11. The molecular formula is C16H14N4S.